The number of piperidine rings is 1. The maximum Gasteiger partial charge on any atom is 0.225 e. The van der Waals surface area contributed by atoms with E-state index in [0.717, 1.165) is 48.9 Å². The van der Waals surface area contributed by atoms with E-state index in [2.05, 4.69) is 4.98 Å². The molecule has 2 fully saturated rings. The molecule has 1 aromatic carbocycles. The summed E-state index contributed by atoms with van der Waals surface area (Å²) in [7, 11) is 3.78. The number of aliphatic hydroxyl groups is 1. The van der Waals surface area contributed by atoms with Crippen LogP contribution in [0, 0.1) is 5.82 Å². The first kappa shape index (κ1) is 22.6. The lowest BCUT2D eigenvalue weighted by Crippen LogP contribution is -2.44. The number of likely N-dealkylation sites (tertiary alicyclic amines) is 1. The molecule has 1 amide bonds. The first-order valence-corrected chi connectivity index (χ1v) is 11.6. The standard InChI is InChI=1S/C25H33FN4O2/c1-29(2)24-27-16-21(18-8-6-10-20(26)14-18)23(28-24)19-9-7-13-30(17-19)22(31)15-25(32)11-4-3-5-12-25/h6,8,10,14,16,19,32H,3-5,7,9,11-13,15,17H2,1-2H3/t19-/m1/s1. The molecule has 7 heteroatoms. The van der Waals surface area contributed by atoms with Gasteiger partial charge in [-0.1, -0.05) is 31.4 Å². The third-order valence-electron chi connectivity index (χ3n) is 6.77. The second-order valence-corrected chi connectivity index (χ2v) is 9.51. The van der Waals surface area contributed by atoms with Crippen molar-refractivity contribution in [2.75, 3.05) is 32.1 Å². The Labute approximate surface area is 189 Å². The van der Waals surface area contributed by atoms with Gasteiger partial charge < -0.3 is 14.9 Å². The van der Waals surface area contributed by atoms with Crippen LogP contribution in [0.3, 0.4) is 0 Å². The minimum absolute atomic E-state index is 0.0216. The average Bonchev–Trinajstić information content (AvgIpc) is 2.79. The Balaban J connectivity index is 1.59. The summed E-state index contributed by atoms with van der Waals surface area (Å²) in [6, 6.07) is 6.48. The molecule has 32 heavy (non-hydrogen) atoms. The smallest absolute Gasteiger partial charge is 0.225 e. The fourth-order valence-corrected chi connectivity index (χ4v) is 5.00. The molecule has 1 aromatic heterocycles. The van der Waals surface area contributed by atoms with E-state index < -0.39 is 5.60 Å². The Bertz CT molecular complexity index is 959. The topological polar surface area (TPSA) is 69.6 Å². The summed E-state index contributed by atoms with van der Waals surface area (Å²) >= 11 is 0. The van der Waals surface area contributed by atoms with Gasteiger partial charge in [0.2, 0.25) is 11.9 Å². The molecule has 1 saturated carbocycles. The highest BCUT2D eigenvalue weighted by Crippen LogP contribution is 2.36. The van der Waals surface area contributed by atoms with Crippen LogP contribution < -0.4 is 4.90 Å². The lowest BCUT2D eigenvalue weighted by Gasteiger charge is -2.37. The van der Waals surface area contributed by atoms with Crippen LogP contribution in [0.5, 0.6) is 0 Å². The van der Waals surface area contributed by atoms with Gasteiger partial charge in [-0.3, -0.25) is 4.79 Å². The molecule has 6 nitrogen and oxygen atoms in total. The highest BCUT2D eigenvalue weighted by atomic mass is 19.1. The van der Waals surface area contributed by atoms with Gasteiger partial charge in [0.1, 0.15) is 5.82 Å². The van der Waals surface area contributed by atoms with Crippen LogP contribution in [-0.4, -0.2) is 58.7 Å². The van der Waals surface area contributed by atoms with Crippen molar-refractivity contribution in [1.82, 2.24) is 14.9 Å². The SMILES string of the molecule is CN(C)c1ncc(-c2cccc(F)c2)c([C@@H]2CCCN(C(=O)CC3(O)CCCCC3)C2)n1. The Hall–Kier alpha value is -2.54. The van der Waals surface area contributed by atoms with Gasteiger partial charge in [-0.25, -0.2) is 14.4 Å². The van der Waals surface area contributed by atoms with Crippen LogP contribution in [-0.2, 0) is 4.79 Å². The Kier molecular flexibility index (Phi) is 6.74. The maximum atomic E-state index is 13.9. The number of aromatic nitrogens is 2. The van der Waals surface area contributed by atoms with Crippen molar-refractivity contribution in [2.24, 2.45) is 0 Å². The number of nitrogens with zero attached hydrogens (tertiary/aromatic N) is 4. The monoisotopic (exact) mass is 440 g/mol. The molecular formula is C25H33FN4O2. The summed E-state index contributed by atoms with van der Waals surface area (Å²) in [6.45, 7) is 1.26. The average molecular weight is 441 g/mol. The number of carbonyl (C=O) groups excluding carboxylic acids is 1. The van der Waals surface area contributed by atoms with Gasteiger partial charge in [0.25, 0.3) is 0 Å². The van der Waals surface area contributed by atoms with Gasteiger partial charge in [0.15, 0.2) is 0 Å². The first-order valence-electron chi connectivity index (χ1n) is 11.6. The molecular weight excluding hydrogens is 407 g/mol. The van der Waals surface area contributed by atoms with E-state index >= 15 is 0 Å². The lowest BCUT2D eigenvalue weighted by molar-refractivity contribution is -0.139. The largest absolute Gasteiger partial charge is 0.389 e. The van der Waals surface area contributed by atoms with E-state index in [-0.39, 0.29) is 24.1 Å². The third kappa shape index (κ3) is 5.09. The van der Waals surface area contributed by atoms with Crippen molar-refractivity contribution < 1.29 is 14.3 Å². The number of benzene rings is 1. The molecule has 2 aliphatic rings. The van der Waals surface area contributed by atoms with Gasteiger partial charge in [-0.2, -0.15) is 0 Å². The van der Waals surface area contributed by atoms with Crippen molar-refractivity contribution >= 4 is 11.9 Å². The molecule has 1 aliphatic heterocycles. The summed E-state index contributed by atoms with van der Waals surface area (Å²) < 4.78 is 13.9. The molecule has 4 rings (SSSR count). The molecule has 1 aliphatic carbocycles. The van der Waals surface area contributed by atoms with E-state index in [1.807, 2.05) is 30.0 Å². The van der Waals surface area contributed by atoms with E-state index in [9.17, 15) is 14.3 Å². The Morgan fingerprint density at radius 3 is 2.75 bits per heavy atom. The summed E-state index contributed by atoms with van der Waals surface area (Å²) in [4.78, 5) is 26.1. The molecule has 2 heterocycles. The number of carbonyl (C=O) groups is 1. The molecule has 0 spiro atoms. The fraction of sp³-hybridized carbons (Fsp3) is 0.560. The molecule has 1 saturated heterocycles. The molecule has 1 atom stereocenters. The van der Waals surface area contributed by atoms with Crippen molar-refractivity contribution in [3.8, 4) is 11.1 Å². The molecule has 2 aromatic rings. The number of halogens is 1. The minimum Gasteiger partial charge on any atom is -0.389 e. The highest BCUT2D eigenvalue weighted by molar-refractivity contribution is 5.77. The predicted octanol–water partition coefficient (Wildman–Crippen LogP) is 4.14. The molecule has 1 N–H and O–H groups in total. The molecule has 172 valence electrons. The van der Waals surface area contributed by atoms with Gasteiger partial charge in [0.05, 0.1) is 17.7 Å². The van der Waals surface area contributed by atoms with Crippen molar-refractivity contribution in [1.29, 1.82) is 0 Å². The number of amides is 1. The Morgan fingerprint density at radius 2 is 2.03 bits per heavy atom. The quantitative estimate of drug-likeness (QED) is 0.757. The van der Waals surface area contributed by atoms with Crippen LogP contribution in [0.25, 0.3) is 11.1 Å². The summed E-state index contributed by atoms with van der Waals surface area (Å²) in [5.41, 5.74) is 1.54. The van der Waals surface area contributed by atoms with E-state index in [1.165, 1.54) is 12.1 Å². The lowest BCUT2D eigenvalue weighted by atomic mass is 9.82. The van der Waals surface area contributed by atoms with Crippen molar-refractivity contribution in [2.45, 2.75) is 62.9 Å². The van der Waals surface area contributed by atoms with Crippen LogP contribution in [0.1, 0.15) is 63.0 Å². The number of hydrogen-bond acceptors (Lipinski definition) is 5. The highest BCUT2D eigenvalue weighted by Gasteiger charge is 2.35. The minimum atomic E-state index is -0.859. The molecule has 0 radical (unpaired) electrons. The number of anilines is 1. The number of hydrogen-bond donors (Lipinski definition) is 1. The maximum absolute atomic E-state index is 13.9. The van der Waals surface area contributed by atoms with Gasteiger partial charge in [0, 0.05) is 44.9 Å². The van der Waals surface area contributed by atoms with E-state index in [1.54, 1.807) is 12.3 Å². The summed E-state index contributed by atoms with van der Waals surface area (Å²) in [5.74, 6) is 0.355. The van der Waals surface area contributed by atoms with Gasteiger partial charge in [-0.15, -0.1) is 0 Å². The zero-order chi connectivity index (χ0) is 22.7. The second kappa shape index (κ2) is 9.53. The predicted molar refractivity (Wildman–Crippen MR) is 123 cm³/mol. The molecule has 0 unspecified atom stereocenters. The van der Waals surface area contributed by atoms with Crippen molar-refractivity contribution in [3.05, 3.63) is 42.0 Å². The third-order valence-corrected chi connectivity index (χ3v) is 6.77. The summed E-state index contributed by atoms with van der Waals surface area (Å²) in [6.07, 6.45) is 8.25. The fourth-order valence-electron chi connectivity index (χ4n) is 5.00. The zero-order valence-electron chi connectivity index (χ0n) is 19.1. The molecule has 0 bridgehead atoms. The normalized spacial score (nSPS) is 20.8. The summed E-state index contributed by atoms with van der Waals surface area (Å²) in [5, 5.41) is 10.9. The van der Waals surface area contributed by atoms with Gasteiger partial charge >= 0.3 is 0 Å². The van der Waals surface area contributed by atoms with Crippen LogP contribution in [0.4, 0.5) is 10.3 Å². The van der Waals surface area contributed by atoms with Crippen LogP contribution in [0.15, 0.2) is 30.5 Å². The second-order valence-electron chi connectivity index (χ2n) is 9.51. The van der Waals surface area contributed by atoms with Crippen molar-refractivity contribution in [3.63, 3.8) is 0 Å². The van der Waals surface area contributed by atoms with Crippen LogP contribution >= 0.6 is 0 Å². The van der Waals surface area contributed by atoms with Gasteiger partial charge in [-0.05, 0) is 43.4 Å². The van der Waals surface area contributed by atoms with E-state index in [0.29, 0.717) is 31.9 Å². The van der Waals surface area contributed by atoms with Crippen LogP contribution in [0.2, 0.25) is 0 Å². The van der Waals surface area contributed by atoms with E-state index in [4.69, 9.17) is 4.98 Å². The first-order chi connectivity index (χ1) is 15.3. The number of rotatable bonds is 5. The zero-order valence-corrected chi connectivity index (χ0v) is 19.1. The Morgan fingerprint density at radius 1 is 1.25 bits per heavy atom.